The van der Waals surface area contributed by atoms with Gasteiger partial charge >= 0.3 is 12.1 Å². The second kappa shape index (κ2) is 8.63. The van der Waals surface area contributed by atoms with E-state index < -0.39 is 17.9 Å². The molecular weight excluding hydrogens is 367 g/mol. The molecule has 3 rings (SSSR count). The zero-order valence-corrected chi connectivity index (χ0v) is 14.5. The van der Waals surface area contributed by atoms with Gasteiger partial charge in [0.25, 0.3) is 0 Å². The predicted molar refractivity (Wildman–Crippen MR) is 97.9 cm³/mol. The lowest BCUT2D eigenvalue weighted by molar-refractivity contribution is 0.0690. The van der Waals surface area contributed by atoms with Crippen LogP contribution in [0.4, 0.5) is 14.9 Å². The molecule has 0 bridgehead atoms. The average molecular weight is 382 g/mol. The second-order valence-electron chi connectivity index (χ2n) is 5.62. The molecule has 0 aliphatic heterocycles. The molecule has 0 aliphatic rings. The number of rotatable bonds is 6. The molecule has 2 N–H and O–H groups in total. The summed E-state index contributed by atoms with van der Waals surface area (Å²) in [6.45, 7) is 0.0876. The average Bonchev–Trinajstić information content (AvgIpc) is 2.69. The maximum absolute atomic E-state index is 14.2. The molecule has 2 aromatic carbocycles. The first-order chi connectivity index (χ1) is 13.5. The monoisotopic (exact) mass is 382 g/mol. The van der Waals surface area contributed by atoms with Gasteiger partial charge in [0.05, 0.1) is 0 Å². The SMILES string of the molecule is O=C(Nc1ccc(Oc2ccnc(C(=O)O)c2)c(F)c1)OCc1ccccc1. The molecule has 1 aromatic heterocycles. The van der Waals surface area contributed by atoms with E-state index in [1.807, 2.05) is 30.3 Å². The smallest absolute Gasteiger partial charge is 0.411 e. The van der Waals surface area contributed by atoms with E-state index in [1.54, 1.807) is 0 Å². The molecule has 1 amide bonds. The van der Waals surface area contributed by atoms with Crippen LogP contribution in [0.3, 0.4) is 0 Å². The largest absolute Gasteiger partial charge is 0.477 e. The minimum Gasteiger partial charge on any atom is -0.477 e. The normalized spacial score (nSPS) is 10.2. The van der Waals surface area contributed by atoms with Crippen molar-refractivity contribution in [2.24, 2.45) is 0 Å². The van der Waals surface area contributed by atoms with E-state index in [9.17, 15) is 14.0 Å². The molecule has 1 heterocycles. The fourth-order valence-corrected chi connectivity index (χ4v) is 2.26. The van der Waals surface area contributed by atoms with Gasteiger partial charge in [0.15, 0.2) is 17.3 Å². The Hall–Kier alpha value is -3.94. The third-order valence-electron chi connectivity index (χ3n) is 3.57. The van der Waals surface area contributed by atoms with Gasteiger partial charge in [0, 0.05) is 24.0 Å². The first-order valence-electron chi connectivity index (χ1n) is 8.16. The number of nitrogens with one attached hydrogen (secondary N) is 1. The molecule has 0 fully saturated rings. The minimum absolute atomic E-state index is 0.0876. The Bertz CT molecular complexity index is 995. The summed E-state index contributed by atoms with van der Waals surface area (Å²) in [6.07, 6.45) is 0.521. The Morgan fingerprint density at radius 3 is 2.57 bits per heavy atom. The number of halogens is 1. The van der Waals surface area contributed by atoms with Gasteiger partial charge in [-0.25, -0.2) is 19.0 Å². The number of ether oxygens (including phenoxy) is 2. The van der Waals surface area contributed by atoms with Gasteiger partial charge in [0.2, 0.25) is 0 Å². The van der Waals surface area contributed by atoms with Crippen LogP contribution >= 0.6 is 0 Å². The van der Waals surface area contributed by atoms with Gasteiger partial charge in [-0.1, -0.05) is 30.3 Å². The lowest BCUT2D eigenvalue weighted by Gasteiger charge is -2.10. The number of aromatic nitrogens is 1. The van der Waals surface area contributed by atoms with Crippen LogP contribution in [0.5, 0.6) is 11.5 Å². The number of anilines is 1. The number of carbonyl (C=O) groups excluding carboxylic acids is 1. The van der Waals surface area contributed by atoms with Crippen molar-refractivity contribution >= 4 is 17.7 Å². The van der Waals surface area contributed by atoms with E-state index in [0.717, 1.165) is 11.6 Å². The van der Waals surface area contributed by atoms with Crippen molar-refractivity contribution < 1.29 is 28.6 Å². The number of aromatic carboxylic acids is 1. The standard InChI is InChI=1S/C20H15FN2O5/c21-16-10-14(23-20(26)27-12-13-4-2-1-3-5-13)6-7-18(16)28-15-8-9-22-17(11-15)19(24)25/h1-11H,12H2,(H,23,26)(H,24,25). The van der Waals surface area contributed by atoms with Crippen LogP contribution in [0.25, 0.3) is 0 Å². The van der Waals surface area contributed by atoms with Crippen LogP contribution in [0.2, 0.25) is 0 Å². The van der Waals surface area contributed by atoms with Crippen LogP contribution < -0.4 is 10.1 Å². The minimum atomic E-state index is -1.22. The molecular formula is C20H15FN2O5. The molecule has 0 unspecified atom stereocenters. The third kappa shape index (κ3) is 5.04. The van der Waals surface area contributed by atoms with Crippen molar-refractivity contribution in [1.82, 2.24) is 4.98 Å². The summed E-state index contributed by atoms with van der Waals surface area (Å²) in [4.78, 5) is 26.4. The van der Waals surface area contributed by atoms with Crippen molar-refractivity contribution in [3.8, 4) is 11.5 Å². The molecule has 28 heavy (non-hydrogen) atoms. The van der Waals surface area contributed by atoms with E-state index in [0.29, 0.717) is 0 Å². The topological polar surface area (TPSA) is 97.8 Å². The number of carboxylic acids is 1. The lowest BCUT2D eigenvalue weighted by atomic mass is 10.2. The van der Waals surface area contributed by atoms with Crippen molar-refractivity contribution in [2.45, 2.75) is 6.61 Å². The number of carbonyl (C=O) groups is 2. The first kappa shape index (κ1) is 18.8. The highest BCUT2D eigenvalue weighted by Crippen LogP contribution is 2.27. The molecule has 142 valence electrons. The highest BCUT2D eigenvalue weighted by molar-refractivity contribution is 5.86. The quantitative estimate of drug-likeness (QED) is 0.653. The first-order valence-corrected chi connectivity index (χ1v) is 8.16. The number of nitrogens with zero attached hydrogens (tertiary/aromatic N) is 1. The molecule has 8 heteroatoms. The molecule has 0 spiro atoms. The van der Waals surface area contributed by atoms with E-state index in [2.05, 4.69) is 10.3 Å². The molecule has 0 saturated heterocycles. The van der Waals surface area contributed by atoms with Crippen molar-refractivity contribution in [3.63, 3.8) is 0 Å². The van der Waals surface area contributed by atoms with Gasteiger partial charge in [-0.3, -0.25) is 5.32 Å². The Labute approximate surface area is 159 Å². The van der Waals surface area contributed by atoms with Gasteiger partial charge < -0.3 is 14.6 Å². The van der Waals surface area contributed by atoms with E-state index >= 15 is 0 Å². The molecule has 3 aromatic rings. The maximum Gasteiger partial charge on any atom is 0.411 e. The van der Waals surface area contributed by atoms with Crippen LogP contribution in [-0.2, 0) is 11.3 Å². The summed E-state index contributed by atoms with van der Waals surface area (Å²) in [5.74, 6) is -1.98. The van der Waals surface area contributed by atoms with E-state index in [-0.39, 0.29) is 29.5 Å². The second-order valence-corrected chi connectivity index (χ2v) is 5.62. The summed E-state index contributed by atoms with van der Waals surface area (Å²) >= 11 is 0. The summed E-state index contributed by atoms with van der Waals surface area (Å²) < 4.78 is 24.7. The van der Waals surface area contributed by atoms with Gasteiger partial charge in [-0.05, 0) is 23.8 Å². The van der Waals surface area contributed by atoms with Crippen LogP contribution in [0.15, 0.2) is 66.9 Å². The van der Waals surface area contributed by atoms with Crippen molar-refractivity contribution in [1.29, 1.82) is 0 Å². The molecule has 0 radical (unpaired) electrons. The number of hydrogen-bond acceptors (Lipinski definition) is 5. The van der Waals surface area contributed by atoms with E-state index in [4.69, 9.17) is 14.6 Å². The number of pyridine rings is 1. The van der Waals surface area contributed by atoms with E-state index in [1.165, 1.54) is 30.5 Å². The Morgan fingerprint density at radius 1 is 1.07 bits per heavy atom. The zero-order valence-electron chi connectivity index (χ0n) is 14.5. The highest BCUT2D eigenvalue weighted by Gasteiger charge is 2.11. The summed E-state index contributed by atoms with van der Waals surface area (Å²) in [7, 11) is 0. The summed E-state index contributed by atoms with van der Waals surface area (Å²) in [5, 5.41) is 11.3. The van der Waals surface area contributed by atoms with Crippen LogP contribution in [0.1, 0.15) is 16.1 Å². The lowest BCUT2D eigenvalue weighted by Crippen LogP contribution is -2.13. The van der Waals surface area contributed by atoms with Gasteiger partial charge in [-0.15, -0.1) is 0 Å². The third-order valence-corrected chi connectivity index (χ3v) is 3.57. The Kier molecular flexibility index (Phi) is 5.81. The molecule has 0 saturated carbocycles. The zero-order chi connectivity index (χ0) is 19.9. The number of benzene rings is 2. The summed E-state index contributed by atoms with van der Waals surface area (Å²) in [6, 6.07) is 15.5. The van der Waals surface area contributed by atoms with Crippen LogP contribution in [-0.4, -0.2) is 22.2 Å². The Balaban J connectivity index is 1.61. The predicted octanol–water partition coefficient (Wildman–Crippen LogP) is 4.46. The fourth-order valence-electron chi connectivity index (χ4n) is 2.26. The number of carboxylic acid groups (broad SMARTS) is 1. The molecule has 0 aliphatic carbocycles. The maximum atomic E-state index is 14.2. The van der Waals surface area contributed by atoms with Gasteiger partial charge in [-0.2, -0.15) is 0 Å². The van der Waals surface area contributed by atoms with Crippen molar-refractivity contribution in [2.75, 3.05) is 5.32 Å². The fraction of sp³-hybridized carbons (Fsp3) is 0.0500. The highest BCUT2D eigenvalue weighted by atomic mass is 19.1. The number of amides is 1. The van der Waals surface area contributed by atoms with Crippen molar-refractivity contribution in [3.05, 3.63) is 83.9 Å². The molecule has 7 nitrogen and oxygen atoms in total. The van der Waals surface area contributed by atoms with Gasteiger partial charge in [0.1, 0.15) is 12.4 Å². The van der Waals surface area contributed by atoms with Crippen LogP contribution in [0, 0.1) is 5.82 Å². The summed E-state index contributed by atoms with van der Waals surface area (Å²) in [5.41, 5.74) is 0.784. The molecule has 0 atom stereocenters. The number of hydrogen-bond donors (Lipinski definition) is 2. The Morgan fingerprint density at radius 2 is 1.86 bits per heavy atom.